The highest BCUT2D eigenvalue weighted by Crippen LogP contribution is 2.28. The van der Waals surface area contributed by atoms with Crippen molar-refractivity contribution in [3.8, 4) is 16.9 Å². The largest absolute Gasteiger partial charge is 0.496 e. The maximum atomic E-state index is 14.3. The number of methoxy groups -OCH3 is 1. The molecule has 2 aromatic heterocycles. The molecule has 0 spiro atoms. The lowest BCUT2D eigenvalue weighted by molar-refractivity contribution is 0.400. The van der Waals surface area contributed by atoms with E-state index in [1.807, 2.05) is 26.2 Å². The molecule has 8 heteroatoms. The number of hydrogen-bond donors (Lipinski definition) is 1. The van der Waals surface area contributed by atoms with Crippen molar-refractivity contribution >= 4 is 11.5 Å². The number of aromatic nitrogens is 3. The number of halogens is 2. The lowest BCUT2D eigenvalue weighted by Gasteiger charge is -2.14. The summed E-state index contributed by atoms with van der Waals surface area (Å²) in [6, 6.07) is 14.2. The van der Waals surface area contributed by atoms with Gasteiger partial charge in [-0.1, -0.05) is 24.3 Å². The van der Waals surface area contributed by atoms with E-state index in [2.05, 4.69) is 44.7 Å². The maximum Gasteiger partial charge on any atom is 0.170 e. The van der Waals surface area contributed by atoms with Crippen molar-refractivity contribution < 1.29 is 13.5 Å². The smallest absolute Gasteiger partial charge is 0.170 e. The van der Waals surface area contributed by atoms with Gasteiger partial charge in [0.1, 0.15) is 29.5 Å². The highest BCUT2D eigenvalue weighted by atomic mass is 19.1. The van der Waals surface area contributed by atoms with Gasteiger partial charge in [0.25, 0.3) is 0 Å². The molecule has 0 bridgehead atoms. The molecule has 0 amide bonds. The fraction of sp³-hybridized carbons (Fsp3) is 0.217. The van der Waals surface area contributed by atoms with Crippen LogP contribution in [0.25, 0.3) is 16.8 Å². The highest BCUT2D eigenvalue weighted by molar-refractivity contribution is 5.79. The third-order valence-corrected chi connectivity index (χ3v) is 5.01. The first-order valence-corrected chi connectivity index (χ1v) is 9.79. The number of anilines is 1. The number of ether oxygens (including phenoxy) is 1. The molecule has 4 rings (SSSR count). The van der Waals surface area contributed by atoms with Crippen LogP contribution in [0.3, 0.4) is 0 Å². The molecule has 0 aliphatic carbocycles. The van der Waals surface area contributed by atoms with E-state index in [4.69, 9.17) is 4.74 Å². The predicted octanol–water partition coefficient (Wildman–Crippen LogP) is 4.36. The lowest BCUT2D eigenvalue weighted by Crippen LogP contribution is -2.10. The van der Waals surface area contributed by atoms with Crippen LogP contribution in [-0.2, 0) is 13.1 Å². The SMILES string of the molecule is COc1cc(F)cc(F)c1CNc1ccc(-c2ccc(CN(C)C)cc2)c2nncn12. The van der Waals surface area contributed by atoms with Gasteiger partial charge in [-0.05, 0) is 37.4 Å². The molecule has 0 atom stereocenters. The number of hydrogen-bond acceptors (Lipinski definition) is 5. The zero-order chi connectivity index (χ0) is 22.0. The maximum absolute atomic E-state index is 14.3. The van der Waals surface area contributed by atoms with Gasteiger partial charge in [-0.3, -0.25) is 4.40 Å². The van der Waals surface area contributed by atoms with E-state index < -0.39 is 11.6 Å². The third kappa shape index (κ3) is 4.34. The molecular formula is C23H23F2N5O. The van der Waals surface area contributed by atoms with Crippen molar-refractivity contribution in [2.45, 2.75) is 13.1 Å². The van der Waals surface area contributed by atoms with Gasteiger partial charge in [0.2, 0.25) is 0 Å². The van der Waals surface area contributed by atoms with Gasteiger partial charge < -0.3 is 15.0 Å². The molecule has 160 valence electrons. The van der Waals surface area contributed by atoms with Crippen molar-refractivity contribution in [1.29, 1.82) is 0 Å². The Morgan fingerprint density at radius 1 is 1.06 bits per heavy atom. The van der Waals surface area contributed by atoms with Crippen LogP contribution in [0.2, 0.25) is 0 Å². The zero-order valence-electron chi connectivity index (χ0n) is 17.6. The molecule has 2 aromatic carbocycles. The summed E-state index contributed by atoms with van der Waals surface area (Å²) >= 11 is 0. The van der Waals surface area contributed by atoms with Gasteiger partial charge in [-0.15, -0.1) is 10.2 Å². The summed E-state index contributed by atoms with van der Waals surface area (Å²) in [4.78, 5) is 2.12. The Labute approximate surface area is 179 Å². The van der Waals surface area contributed by atoms with Crippen LogP contribution in [-0.4, -0.2) is 40.7 Å². The third-order valence-electron chi connectivity index (χ3n) is 5.01. The van der Waals surface area contributed by atoms with E-state index in [1.165, 1.54) is 12.7 Å². The minimum atomic E-state index is -0.680. The lowest BCUT2D eigenvalue weighted by atomic mass is 10.0. The Balaban J connectivity index is 1.62. The number of nitrogens with zero attached hydrogens (tertiary/aromatic N) is 4. The van der Waals surface area contributed by atoms with Gasteiger partial charge in [-0.2, -0.15) is 0 Å². The number of fused-ring (bicyclic) bond motifs is 1. The molecule has 4 aromatic rings. The summed E-state index contributed by atoms with van der Waals surface area (Å²) in [6.45, 7) is 0.980. The van der Waals surface area contributed by atoms with E-state index in [0.29, 0.717) is 11.5 Å². The van der Waals surface area contributed by atoms with Crippen LogP contribution in [0.5, 0.6) is 5.75 Å². The molecule has 0 aliphatic heterocycles. The normalized spacial score (nSPS) is 11.3. The van der Waals surface area contributed by atoms with Gasteiger partial charge in [0.05, 0.1) is 7.11 Å². The predicted molar refractivity (Wildman–Crippen MR) is 116 cm³/mol. The topological polar surface area (TPSA) is 54.7 Å². The number of rotatable bonds is 7. The first-order chi connectivity index (χ1) is 15.0. The van der Waals surface area contributed by atoms with E-state index in [-0.39, 0.29) is 17.9 Å². The second-order valence-electron chi connectivity index (χ2n) is 7.51. The van der Waals surface area contributed by atoms with Crippen LogP contribution >= 0.6 is 0 Å². The van der Waals surface area contributed by atoms with E-state index >= 15 is 0 Å². The molecule has 0 saturated carbocycles. The summed E-state index contributed by atoms with van der Waals surface area (Å²) in [5.74, 6) is -0.516. The molecule has 0 saturated heterocycles. The molecule has 2 heterocycles. The van der Waals surface area contributed by atoms with E-state index in [0.717, 1.165) is 29.8 Å². The quantitative estimate of drug-likeness (QED) is 0.479. The van der Waals surface area contributed by atoms with Gasteiger partial charge in [0.15, 0.2) is 5.65 Å². The number of benzene rings is 2. The van der Waals surface area contributed by atoms with Gasteiger partial charge >= 0.3 is 0 Å². The van der Waals surface area contributed by atoms with Crippen molar-refractivity contribution in [3.05, 3.63) is 77.6 Å². The molecule has 0 aliphatic rings. The standard InChI is InChI=1S/C23H23F2N5O/c1-29(2)13-15-4-6-16(7-5-15)18-8-9-22(30-14-27-28-23(18)30)26-12-19-20(25)10-17(24)11-21(19)31-3/h4-11,14,26H,12-13H2,1-3H3. The summed E-state index contributed by atoms with van der Waals surface area (Å²) in [6.07, 6.45) is 1.60. The average Bonchev–Trinajstić information content (AvgIpc) is 3.23. The zero-order valence-corrected chi connectivity index (χ0v) is 17.6. The minimum absolute atomic E-state index is 0.112. The monoisotopic (exact) mass is 423 g/mol. The molecule has 6 nitrogen and oxygen atoms in total. The summed E-state index contributed by atoms with van der Waals surface area (Å²) < 4.78 is 34.6. The first-order valence-electron chi connectivity index (χ1n) is 9.79. The van der Waals surface area contributed by atoms with Crippen LogP contribution in [0.1, 0.15) is 11.1 Å². The van der Waals surface area contributed by atoms with Gasteiger partial charge in [0, 0.05) is 36.3 Å². The summed E-state index contributed by atoms with van der Waals surface area (Å²) in [7, 11) is 5.45. The van der Waals surface area contributed by atoms with Gasteiger partial charge in [-0.25, -0.2) is 8.78 Å². The highest BCUT2D eigenvalue weighted by Gasteiger charge is 2.14. The molecule has 0 unspecified atom stereocenters. The molecule has 1 N–H and O–H groups in total. The fourth-order valence-electron chi connectivity index (χ4n) is 3.55. The minimum Gasteiger partial charge on any atom is -0.496 e. The number of nitrogens with one attached hydrogen (secondary N) is 1. The van der Waals surface area contributed by atoms with Crippen LogP contribution in [0.15, 0.2) is 54.9 Å². The molecule has 0 radical (unpaired) electrons. The van der Waals surface area contributed by atoms with Crippen molar-refractivity contribution in [3.63, 3.8) is 0 Å². The first kappa shape index (κ1) is 20.7. The number of pyridine rings is 1. The summed E-state index contributed by atoms with van der Waals surface area (Å²) in [5, 5.41) is 11.5. The average molecular weight is 423 g/mol. The summed E-state index contributed by atoms with van der Waals surface area (Å²) in [5.41, 5.74) is 4.10. The Bertz CT molecular complexity index is 1200. The Morgan fingerprint density at radius 3 is 2.55 bits per heavy atom. The second kappa shape index (κ2) is 8.69. The van der Waals surface area contributed by atoms with Crippen molar-refractivity contribution in [2.24, 2.45) is 0 Å². The van der Waals surface area contributed by atoms with Crippen molar-refractivity contribution in [2.75, 3.05) is 26.5 Å². The van der Waals surface area contributed by atoms with Crippen LogP contribution < -0.4 is 10.1 Å². The molecule has 0 fully saturated rings. The molecular weight excluding hydrogens is 400 g/mol. The Hall–Kier alpha value is -3.52. The molecule has 31 heavy (non-hydrogen) atoms. The second-order valence-corrected chi connectivity index (χ2v) is 7.51. The Kier molecular flexibility index (Phi) is 5.81. The van der Waals surface area contributed by atoms with Crippen LogP contribution in [0.4, 0.5) is 14.6 Å². The van der Waals surface area contributed by atoms with E-state index in [9.17, 15) is 8.78 Å². The van der Waals surface area contributed by atoms with Crippen molar-refractivity contribution in [1.82, 2.24) is 19.5 Å². The fourth-order valence-corrected chi connectivity index (χ4v) is 3.55. The Morgan fingerprint density at radius 2 is 1.84 bits per heavy atom. The van der Waals surface area contributed by atoms with Crippen LogP contribution in [0, 0.1) is 11.6 Å². The van der Waals surface area contributed by atoms with E-state index in [1.54, 1.807) is 10.7 Å².